The minimum atomic E-state index is 0.723. The fourth-order valence-electron chi connectivity index (χ4n) is 3.55. The van der Waals surface area contributed by atoms with Gasteiger partial charge in [-0.3, -0.25) is 0 Å². The first-order valence-corrected chi connectivity index (χ1v) is 8.14. The van der Waals surface area contributed by atoms with E-state index in [4.69, 9.17) is 4.74 Å². The topological polar surface area (TPSA) is 21.3 Å². The van der Waals surface area contributed by atoms with Gasteiger partial charge in [0.1, 0.15) is 0 Å². The predicted octanol–water partition coefficient (Wildman–Crippen LogP) is 4.00. The molecule has 18 heavy (non-hydrogen) atoms. The Balaban J connectivity index is 2.42. The molecule has 0 radical (unpaired) electrons. The molecule has 1 aliphatic carbocycles. The first-order valence-electron chi connectivity index (χ1n) is 8.14. The molecule has 0 aliphatic heterocycles. The number of nitrogens with one attached hydrogen (secondary N) is 1. The largest absolute Gasteiger partial charge is 0.382 e. The molecule has 0 aromatic heterocycles. The van der Waals surface area contributed by atoms with E-state index in [1.807, 2.05) is 0 Å². The Morgan fingerprint density at radius 2 is 1.94 bits per heavy atom. The first-order chi connectivity index (χ1) is 8.83. The van der Waals surface area contributed by atoms with Crippen LogP contribution >= 0.6 is 0 Å². The quantitative estimate of drug-likeness (QED) is 0.629. The van der Waals surface area contributed by atoms with Gasteiger partial charge in [0.05, 0.1) is 0 Å². The Bertz CT molecular complexity index is 196. The highest BCUT2D eigenvalue weighted by Crippen LogP contribution is 2.35. The van der Waals surface area contributed by atoms with Gasteiger partial charge in [-0.25, -0.2) is 0 Å². The van der Waals surface area contributed by atoms with E-state index in [2.05, 4.69) is 26.1 Å². The molecular formula is C16H33NO. The van der Waals surface area contributed by atoms with Crippen molar-refractivity contribution >= 4 is 0 Å². The smallest absolute Gasteiger partial charge is 0.0466 e. The molecule has 0 spiro atoms. The zero-order valence-corrected chi connectivity index (χ0v) is 12.7. The maximum atomic E-state index is 5.47. The standard InChI is InChI=1S/C16H33NO/c1-4-14-10-7-8-11-15(14)16(17-5-2)12-9-13-18-6-3/h14-17H,4-13H2,1-3H3. The van der Waals surface area contributed by atoms with E-state index in [1.54, 1.807) is 0 Å². The maximum Gasteiger partial charge on any atom is 0.0466 e. The highest BCUT2D eigenvalue weighted by molar-refractivity contribution is 4.84. The predicted molar refractivity (Wildman–Crippen MR) is 78.9 cm³/mol. The van der Waals surface area contributed by atoms with Crippen LogP contribution < -0.4 is 5.32 Å². The third-order valence-electron chi connectivity index (χ3n) is 4.48. The molecule has 2 nitrogen and oxygen atoms in total. The fraction of sp³-hybridized carbons (Fsp3) is 1.00. The molecule has 1 rings (SSSR count). The molecule has 108 valence electrons. The highest BCUT2D eigenvalue weighted by atomic mass is 16.5. The van der Waals surface area contributed by atoms with Crippen LogP contribution in [0.3, 0.4) is 0 Å². The molecule has 1 saturated carbocycles. The summed E-state index contributed by atoms with van der Waals surface area (Å²) < 4.78 is 5.47. The normalized spacial score (nSPS) is 26.2. The van der Waals surface area contributed by atoms with Gasteiger partial charge in [-0.2, -0.15) is 0 Å². The van der Waals surface area contributed by atoms with Crippen molar-refractivity contribution in [2.24, 2.45) is 11.8 Å². The van der Waals surface area contributed by atoms with Crippen molar-refractivity contribution < 1.29 is 4.74 Å². The summed E-state index contributed by atoms with van der Waals surface area (Å²) >= 11 is 0. The van der Waals surface area contributed by atoms with Gasteiger partial charge in [-0.15, -0.1) is 0 Å². The Morgan fingerprint density at radius 1 is 1.17 bits per heavy atom. The summed E-state index contributed by atoms with van der Waals surface area (Å²) in [5.74, 6) is 1.86. The minimum absolute atomic E-state index is 0.723. The highest BCUT2D eigenvalue weighted by Gasteiger charge is 2.29. The van der Waals surface area contributed by atoms with Crippen molar-refractivity contribution in [3.63, 3.8) is 0 Å². The zero-order valence-electron chi connectivity index (χ0n) is 12.7. The summed E-state index contributed by atoms with van der Waals surface area (Å²) in [5, 5.41) is 3.74. The van der Waals surface area contributed by atoms with Crippen molar-refractivity contribution in [2.45, 2.75) is 71.8 Å². The molecule has 0 amide bonds. The summed E-state index contributed by atoms with van der Waals surface area (Å²) in [4.78, 5) is 0. The lowest BCUT2D eigenvalue weighted by molar-refractivity contribution is 0.126. The Morgan fingerprint density at radius 3 is 2.61 bits per heavy atom. The van der Waals surface area contributed by atoms with Crippen LogP contribution in [0.15, 0.2) is 0 Å². The molecule has 0 aromatic carbocycles. The SMILES string of the molecule is CCNC(CCCOCC)C1CCCCC1CC. The molecule has 0 bridgehead atoms. The van der Waals surface area contributed by atoms with E-state index in [0.717, 1.165) is 37.6 Å². The molecule has 1 aliphatic rings. The van der Waals surface area contributed by atoms with Crippen molar-refractivity contribution in [1.82, 2.24) is 5.32 Å². The number of ether oxygens (including phenoxy) is 1. The van der Waals surface area contributed by atoms with E-state index in [1.165, 1.54) is 44.9 Å². The molecule has 2 heteroatoms. The van der Waals surface area contributed by atoms with Crippen molar-refractivity contribution in [3.8, 4) is 0 Å². The average Bonchev–Trinajstić information content (AvgIpc) is 2.42. The molecule has 1 N–H and O–H groups in total. The van der Waals surface area contributed by atoms with Gasteiger partial charge in [0.15, 0.2) is 0 Å². The van der Waals surface area contributed by atoms with E-state index in [0.29, 0.717) is 0 Å². The van der Waals surface area contributed by atoms with Crippen LogP contribution in [0.25, 0.3) is 0 Å². The van der Waals surface area contributed by atoms with Gasteiger partial charge in [0.2, 0.25) is 0 Å². The lowest BCUT2D eigenvalue weighted by Crippen LogP contribution is -2.41. The van der Waals surface area contributed by atoms with E-state index >= 15 is 0 Å². The van der Waals surface area contributed by atoms with E-state index < -0.39 is 0 Å². The number of hydrogen-bond donors (Lipinski definition) is 1. The molecule has 0 heterocycles. The Hall–Kier alpha value is -0.0800. The van der Waals surface area contributed by atoms with Gasteiger partial charge >= 0.3 is 0 Å². The summed E-state index contributed by atoms with van der Waals surface area (Å²) in [7, 11) is 0. The van der Waals surface area contributed by atoms with Crippen molar-refractivity contribution in [1.29, 1.82) is 0 Å². The molecule has 3 atom stereocenters. The van der Waals surface area contributed by atoms with Gasteiger partial charge < -0.3 is 10.1 Å². The number of rotatable bonds is 9. The third-order valence-corrected chi connectivity index (χ3v) is 4.48. The first kappa shape index (κ1) is 16.0. The lowest BCUT2D eigenvalue weighted by atomic mass is 9.73. The van der Waals surface area contributed by atoms with Crippen LogP contribution in [0.5, 0.6) is 0 Å². The van der Waals surface area contributed by atoms with Gasteiger partial charge in [0, 0.05) is 19.3 Å². The maximum absolute atomic E-state index is 5.47. The van der Waals surface area contributed by atoms with Crippen molar-refractivity contribution in [2.75, 3.05) is 19.8 Å². The zero-order chi connectivity index (χ0) is 13.2. The second kappa shape index (κ2) is 9.80. The minimum Gasteiger partial charge on any atom is -0.382 e. The average molecular weight is 255 g/mol. The summed E-state index contributed by atoms with van der Waals surface area (Å²) in [6.45, 7) is 9.57. The number of hydrogen-bond acceptors (Lipinski definition) is 2. The lowest BCUT2D eigenvalue weighted by Gasteiger charge is -2.37. The van der Waals surface area contributed by atoms with Crippen LogP contribution in [-0.2, 0) is 4.74 Å². The summed E-state index contributed by atoms with van der Waals surface area (Å²) in [5.41, 5.74) is 0. The van der Waals surface area contributed by atoms with E-state index in [-0.39, 0.29) is 0 Å². The monoisotopic (exact) mass is 255 g/mol. The van der Waals surface area contributed by atoms with Crippen LogP contribution in [0.2, 0.25) is 0 Å². The van der Waals surface area contributed by atoms with Crippen LogP contribution in [-0.4, -0.2) is 25.8 Å². The van der Waals surface area contributed by atoms with Crippen LogP contribution in [0.4, 0.5) is 0 Å². The molecule has 0 aromatic rings. The fourth-order valence-corrected chi connectivity index (χ4v) is 3.55. The van der Waals surface area contributed by atoms with Gasteiger partial charge in [0.25, 0.3) is 0 Å². The van der Waals surface area contributed by atoms with Crippen LogP contribution in [0, 0.1) is 11.8 Å². The van der Waals surface area contributed by atoms with Gasteiger partial charge in [-0.1, -0.05) is 39.5 Å². The summed E-state index contributed by atoms with van der Waals surface area (Å²) in [6.07, 6.45) is 9.63. The molecule has 3 unspecified atom stereocenters. The summed E-state index contributed by atoms with van der Waals surface area (Å²) in [6, 6.07) is 0.723. The van der Waals surface area contributed by atoms with E-state index in [9.17, 15) is 0 Å². The Labute approximate surface area is 114 Å². The molecule has 0 saturated heterocycles. The third kappa shape index (κ3) is 5.27. The molecular weight excluding hydrogens is 222 g/mol. The van der Waals surface area contributed by atoms with Crippen molar-refractivity contribution in [3.05, 3.63) is 0 Å². The second-order valence-corrected chi connectivity index (χ2v) is 5.62. The molecule has 1 fully saturated rings. The van der Waals surface area contributed by atoms with Crippen LogP contribution in [0.1, 0.15) is 65.7 Å². The van der Waals surface area contributed by atoms with Gasteiger partial charge in [-0.05, 0) is 44.6 Å². The second-order valence-electron chi connectivity index (χ2n) is 5.62. The Kier molecular flexibility index (Phi) is 8.70.